The van der Waals surface area contributed by atoms with E-state index in [4.69, 9.17) is 4.42 Å². The van der Waals surface area contributed by atoms with Crippen LogP contribution in [0.3, 0.4) is 0 Å². The first-order valence-corrected chi connectivity index (χ1v) is 5.03. The molecule has 5 heteroatoms. The number of hydrogen-bond acceptors (Lipinski definition) is 4. The van der Waals surface area contributed by atoms with Gasteiger partial charge >= 0.3 is 0 Å². The van der Waals surface area contributed by atoms with E-state index in [1.807, 2.05) is 0 Å². The second kappa shape index (κ2) is 4.15. The van der Waals surface area contributed by atoms with Crippen molar-refractivity contribution in [3.05, 3.63) is 36.0 Å². The molecule has 0 unspecified atom stereocenters. The summed E-state index contributed by atoms with van der Waals surface area (Å²) in [6.07, 6.45) is 4.16. The largest absolute Gasteiger partial charge is 0.457 e. The predicted octanol–water partition coefficient (Wildman–Crippen LogP) is 2.11. The quantitative estimate of drug-likeness (QED) is 0.617. The van der Waals surface area contributed by atoms with Crippen molar-refractivity contribution in [1.29, 1.82) is 0 Å². The van der Waals surface area contributed by atoms with Gasteiger partial charge in [0.15, 0.2) is 17.2 Å². The van der Waals surface area contributed by atoms with E-state index < -0.39 is 0 Å². The molecular formula is C9H8N2O2S. The van der Waals surface area contributed by atoms with Crippen LogP contribution in [0, 0.1) is 0 Å². The lowest BCUT2D eigenvalue weighted by molar-refractivity contribution is 0.109. The fourth-order valence-electron chi connectivity index (χ4n) is 1.00. The summed E-state index contributed by atoms with van der Waals surface area (Å²) in [7, 11) is 0. The second-order valence-electron chi connectivity index (χ2n) is 2.60. The van der Waals surface area contributed by atoms with Crippen molar-refractivity contribution in [2.24, 2.45) is 0 Å². The molecule has 0 aliphatic heterocycles. The maximum atomic E-state index is 10.3. The molecule has 4 nitrogen and oxygen atoms in total. The van der Waals surface area contributed by atoms with Crippen molar-refractivity contribution >= 4 is 18.0 Å². The van der Waals surface area contributed by atoms with Crippen LogP contribution in [0.15, 0.2) is 34.1 Å². The SMILES string of the molecule is O=Cc1ccc(CSc2ncc[nH]2)o1. The minimum Gasteiger partial charge on any atom is -0.457 e. The third-order valence-electron chi connectivity index (χ3n) is 1.62. The van der Waals surface area contributed by atoms with E-state index in [2.05, 4.69) is 9.97 Å². The van der Waals surface area contributed by atoms with Gasteiger partial charge in [-0.25, -0.2) is 4.98 Å². The average Bonchev–Trinajstić information content (AvgIpc) is 2.86. The van der Waals surface area contributed by atoms with Crippen LogP contribution in [0.25, 0.3) is 0 Å². The van der Waals surface area contributed by atoms with Gasteiger partial charge in [0.25, 0.3) is 0 Å². The molecule has 0 fully saturated rings. The van der Waals surface area contributed by atoms with Crippen LogP contribution in [0.2, 0.25) is 0 Å². The Morgan fingerprint density at radius 2 is 2.50 bits per heavy atom. The van der Waals surface area contributed by atoms with Crippen LogP contribution in [-0.4, -0.2) is 16.3 Å². The van der Waals surface area contributed by atoms with E-state index in [0.717, 1.165) is 10.9 Å². The molecule has 0 bridgehead atoms. The van der Waals surface area contributed by atoms with Gasteiger partial charge in [-0.2, -0.15) is 0 Å². The molecule has 2 aromatic rings. The number of aromatic nitrogens is 2. The van der Waals surface area contributed by atoms with Crippen molar-refractivity contribution in [1.82, 2.24) is 9.97 Å². The van der Waals surface area contributed by atoms with Crippen LogP contribution in [-0.2, 0) is 5.75 Å². The molecule has 0 spiro atoms. The zero-order valence-electron chi connectivity index (χ0n) is 7.27. The maximum Gasteiger partial charge on any atom is 0.185 e. The summed E-state index contributed by atoms with van der Waals surface area (Å²) >= 11 is 1.53. The molecule has 2 heterocycles. The Morgan fingerprint density at radius 1 is 1.57 bits per heavy atom. The maximum absolute atomic E-state index is 10.3. The number of nitrogens with zero attached hydrogens (tertiary/aromatic N) is 1. The molecule has 0 aliphatic carbocycles. The Hall–Kier alpha value is -1.49. The number of rotatable bonds is 4. The fourth-order valence-corrected chi connectivity index (χ4v) is 1.73. The lowest BCUT2D eigenvalue weighted by Gasteiger charge is -1.93. The zero-order chi connectivity index (χ0) is 9.80. The molecule has 72 valence electrons. The molecule has 0 saturated heterocycles. The number of furan rings is 1. The molecular weight excluding hydrogens is 200 g/mol. The predicted molar refractivity (Wildman–Crippen MR) is 52.2 cm³/mol. The molecule has 0 radical (unpaired) electrons. The van der Waals surface area contributed by atoms with Crippen LogP contribution in [0.5, 0.6) is 0 Å². The Labute approximate surface area is 84.7 Å². The number of carbonyl (C=O) groups is 1. The first-order chi connectivity index (χ1) is 6.88. The summed E-state index contributed by atoms with van der Waals surface area (Å²) in [6, 6.07) is 3.45. The lowest BCUT2D eigenvalue weighted by Crippen LogP contribution is -1.78. The molecule has 14 heavy (non-hydrogen) atoms. The lowest BCUT2D eigenvalue weighted by atomic mass is 10.4. The molecule has 0 aliphatic rings. The normalized spacial score (nSPS) is 10.3. The van der Waals surface area contributed by atoms with E-state index in [0.29, 0.717) is 17.8 Å². The smallest absolute Gasteiger partial charge is 0.185 e. The van der Waals surface area contributed by atoms with Crippen molar-refractivity contribution in [2.45, 2.75) is 10.9 Å². The number of nitrogens with one attached hydrogen (secondary N) is 1. The number of thioether (sulfide) groups is 1. The highest BCUT2D eigenvalue weighted by molar-refractivity contribution is 7.98. The van der Waals surface area contributed by atoms with E-state index >= 15 is 0 Å². The van der Waals surface area contributed by atoms with Crippen LogP contribution in [0.1, 0.15) is 16.3 Å². The summed E-state index contributed by atoms with van der Waals surface area (Å²) in [5.74, 6) is 1.80. The van der Waals surface area contributed by atoms with Gasteiger partial charge < -0.3 is 9.40 Å². The van der Waals surface area contributed by atoms with Gasteiger partial charge in [-0.3, -0.25) is 4.79 Å². The van der Waals surface area contributed by atoms with Gasteiger partial charge in [0.05, 0.1) is 5.75 Å². The first-order valence-electron chi connectivity index (χ1n) is 4.04. The Balaban J connectivity index is 1.95. The van der Waals surface area contributed by atoms with Gasteiger partial charge in [0, 0.05) is 12.4 Å². The Bertz CT molecular complexity index is 408. The van der Waals surface area contributed by atoms with Gasteiger partial charge in [-0.15, -0.1) is 0 Å². The molecule has 0 saturated carbocycles. The highest BCUT2D eigenvalue weighted by Crippen LogP contribution is 2.19. The van der Waals surface area contributed by atoms with Gasteiger partial charge in [-0.05, 0) is 12.1 Å². The second-order valence-corrected chi connectivity index (χ2v) is 3.57. The number of aldehydes is 1. The summed E-state index contributed by atoms with van der Waals surface area (Å²) in [5, 5.41) is 0.842. The van der Waals surface area contributed by atoms with Crippen LogP contribution in [0.4, 0.5) is 0 Å². The van der Waals surface area contributed by atoms with Crippen molar-refractivity contribution in [3.63, 3.8) is 0 Å². The number of hydrogen-bond donors (Lipinski definition) is 1. The first kappa shape index (κ1) is 9.08. The van der Waals surface area contributed by atoms with Gasteiger partial charge in [0.2, 0.25) is 0 Å². The van der Waals surface area contributed by atoms with E-state index in [1.54, 1.807) is 24.5 Å². The molecule has 0 amide bonds. The highest BCUT2D eigenvalue weighted by atomic mass is 32.2. The highest BCUT2D eigenvalue weighted by Gasteiger charge is 2.02. The topological polar surface area (TPSA) is 58.9 Å². The standard InChI is InChI=1S/C9H8N2O2S/c12-5-7-1-2-8(13-7)6-14-9-10-3-4-11-9/h1-5H,6H2,(H,10,11). The van der Waals surface area contributed by atoms with Gasteiger partial charge in [-0.1, -0.05) is 11.8 Å². The summed E-state index contributed by atoms with van der Waals surface area (Å²) in [5.41, 5.74) is 0. The minimum absolute atomic E-state index is 0.361. The zero-order valence-corrected chi connectivity index (χ0v) is 8.08. The van der Waals surface area contributed by atoms with E-state index in [9.17, 15) is 4.79 Å². The van der Waals surface area contributed by atoms with Crippen molar-refractivity contribution in [2.75, 3.05) is 0 Å². The van der Waals surface area contributed by atoms with Crippen LogP contribution < -0.4 is 0 Å². The average molecular weight is 208 g/mol. The van der Waals surface area contributed by atoms with E-state index in [-0.39, 0.29) is 0 Å². The molecule has 0 atom stereocenters. The summed E-state index contributed by atoms with van der Waals surface area (Å²) < 4.78 is 5.20. The number of carbonyl (C=O) groups excluding carboxylic acids is 1. The van der Waals surface area contributed by atoms with Gasteiger partial charge in [0.1, 0.15) is 5.76 Å². The molecule has 0 aromatic carbocycles. The summed E-state index contributed by atoms with van der Waals surface area (Å²) in [4.78, 5) is 17.4. The van der Waals surface area contributed by atoms with Crippen LogP contribution >= 0.6 is 11.8 Å². The Morgan fingerprint density at radius 3 is 3.14 bits per heavy atom. The Kier molecular flexibility index (Phi) is 2.69. The van der Waals surface area contributed by atoms with E-state index in [1.165, 1.54) is 11.8 Å². The van der Waals surface area contributed by atoms with Crippen molar-refractivity contribution < 1.29 is 9.21 Å². The number of aromatic amines is 1. The third-order valence-corrected chi connectivity index (χ3v) is 2.55. The monoisotopic (exact) mass is 208 g/mol. The summed E-state index contributed by atoms with van der Waals surface area (Å²) in [6.45, 7) is 0. The molecule has 2 rings (SSSR count). The third kappa shape index (κ3) is 2.05. The molecule has 2 aromatic heterocycles. The number of H-pyrrole nitrogens is 1. The minimum atomic E-state index is 0.361. The number of imidazole rings is 1. The fraction of sp³-hybridized carbons (Fsp3) is 0.111. The molecule has 1 N–H and O–H groups in total. The van der Waals surface area contributed by atoms with Crippen molar-refractivity contribution in [3.8, 4) is 0 Å².